The van der Waals surface area contributed by atoms with Crippen molar-refractivity contribution in [3.05, 3.63) is 84.2 Å². The number of hydrogen-bond acceptors (Lipinski definition) is 7. The van der Waals surface area contributed by atoms with Gasteiger partial charge < -0.3 is 9.47 Å². The fourth-order valence-electron chi connectivity index (χ4n) is 4.75. The zero-order valence-electron chi connectivity index (χ0n) is 22.4. The second-order valence-corrected chi connectivity index (χ2v) is 11.8. The Kier molecular flexibility index (Phi) is 9.45. The third-order valence-corrected chi connectivity index (χ3v) is 8.67. The summed E-state index contributed by atoms with van der Waals surface area (Å²) in [6.45, 7) is 5.04. The lowest BCUT2D eigenvalue weighted by atomic mass is 10.0. The molecular formula is C30H35N3O6S. The highest BCUT2D eigenvalue weighted by atomic mass is 32.2. The van der Waals surface area contributed by atoms with Gasteiger partial charge in [0.05, 0.1) is 18.1 Å². The van der Waals surface area contributed by atoms with E-state index in [-0.39, 0.29) is 4.90 Å². The lowest BCUT2D eigenvalue weighted by molar-refractivity contribution is -0.198. The van der Waals surface area contributed by atoms with Gasteiger partial charge in [-0.3, -0.25) is 9.69 Å². The number of rotatable bonds is 10. The monoisotopic (exact) mass is 565 g/mol. The van der Waals surface area contributed by atoms with E-state index in [2.05, 4.69) is 22.5 Å². The Morgan fingerprint density at radius 2 is 1.82 bits per heavy atom. The smallest absolute Gasteiger partial charge is 0.267 e. The van der Waals surface area contributed by atoms with Gasteiger partial charge in [0.2, 0.25) is 0 Å². The van der Waals surface area contributed by atoms with Crippen molar-refractivity contribution in [3.8, 4) is 11.1 Å². The van der Waals surface area contributed by atoms with E-state index in [9.17, 15) is 13.2 Å². The van der Waals surface area contributed by atoms with Crippen molar-refractivity contribution >= 4 is 22.0 Å². The molecule has 10 heteroatoms. The minimum atomic E-state index is -3.82. The minimum absolute atomic E-state index is 0.188. The van der Waals surface area contributed by atoms with Crippen LogP contribution in [0.4, 0.5) is 0 Å². The Morgan fingerprint density at radius 1 is 1.02 bits per heavy atom. The largest absolute Gasteiger partial charge is 0.379 e. The molecule has 0 radical (unpaired) electrons. The Bertz CT molecular complexity index is 1420. The van der Waals surface area contributed by atoms with Crippen LogP contribution in [0.2, 0.25) is 0 Å². The van der Waals surface area contributed by atoms with Crippen molar-refractivity contribution in [2.24, 2.45) is 0 Å². The van der Waals surface area contributed by atoms with Gasteiger partial charge in [0.15, 0.2) is 6.29 Å². The number of ether oxygens (including phenoxy) is 2. The molecule has 0 aliphatic carbocycles. The summed E-state index contributed by atoms with van der Waals surface area (Å²) < 4.78 is 38.8. The fraction of sp³-hybridized carbons (Fsp3) is 0.367. The standard InChI is InChI=1S/C30H35N3O6S/c34-29(31-39-30-9-1-2-18-38-30)11-10-25-13-15-33(23-25)40(35,36)28-8-4-7-27(22-28)26-6-3-5-24(21-26)12-14-32-16-19-37-20-17-32/h3-8,10-11,13,15,21-23,30H,1-2,9,12,14,16-20H2,(H,31,34)/b11-10+. The maximum absolute atomic E-state index is 13.4. The Labute approximate surface area is 235 Å². The van der Waals surface area contributed by atoms with Crippen molar-refractivity contribution in [3.63, 3.8) is 0 Å². The number of morpholine rings is 1. The van der Waals surface area contributed by atoms with Gasteiger partial charge in [-0.15, -0.1) is 0 Å². The summed E-state index contributed by atoms with van der Waals surface area (Å²) in [5.41, 5.74) is 5.93. The summed E-state index contributed by atoms with van der Waals surface area (Å²) in [6.07, 6.45) is 8.96. The van der Waals surface area contributed by atoms with E-state index in [0.717, 1.165) is 73.6 Å². The van der Waals surface area contributed by atoms with Crippen molar-refractivity contribution < 1.29 is 27.5 Å². The van der Waals surface area contributed by atoms with Crippen LogP contribution in [-0.2, 0) is 35.5 Å². The van der Waals surface area contributed by atoms with Gasteiger partial charge in [0.1, 0.15) is 0 Å². The van der Waals surface area contributed by atoms with Crippen LogP contribution in [0.3, 0.4) is 0 Å². The molecule has 3 aromatic rings. The van der Waals surface area contributed by atoms with Gasteiger partial charge in [-0.1, -0.05) is 36.4 Å². The highest BCUT2D eigenvalue weighted by molar-refractivity contribution is 7.90. The van der Waals surface area contributed by atoms with E-state index >= 15 is 0 Å². The lowest BCUT2D eigenvalue weighted by Gasteiger charge is -2.26. The Morgan fingerprint density at radius 3 is 2.62 bits per heavy atom. The highest BCUT2D eigenvalue weighted by Crippen LogP contribution is 2.25. The number of nitrogens with one attached hydrogen (secondary N) is 1. The summed E-state index contributed by atoms with van der Waals surface area (Å²) in [4.78, 5) is 19.9. The third-order valence-electron chi connectivity index (χ3n) is 7.04. The van der Waals surface area contributed by atoms with Crippen LogP contribution < -0.4 is 5.48 Å². The predicted molar refractivity (Wildman–Crippen MR) is 152 cm³/mol. The molecule has 5 rings (SSSR count). The number of nitrogens with zero attached hydrogens (tertiary/aromatic N) is 2. The van der Waals surface area contributed by atoms with Crippen LogP contribution in [0.1, 0.15) is 30.4 Å². The quantitative estimate of drug-likeness (QED) is 0.295. The van der Waals surface area contributed by atoms with Crippen LogP contribution >= 0.6 is 0 Å². The average molecular weight is 566 g/mol. The minimum Gasteiger partial charge on any atom is -0.379 e. The van der Waals surface area contributed by atoms with Crippen LogP contribution in [0.25, 0.3) is 17.2 Å². The van der Waals surface area contributed by atoms with Crippen LogP contribution in [-0.4, -0.2) is 68.9 Å². The van der Waals surface area contributed by atoms with E-state index < -0.39 is 22.2 Å². The van der Waals surface area contributed by atoms with Gasteiger partial charge in [-0.25, -0.2) is 22.7 Å². The second-order valence-electron chi connectivity index (χ2n) is 9.93. The van der Waals surface area contributed by atoms with E-state index in [1.165, 1.54) is 30.1 Å². The van der Waals surface area contributed by atoms with Crippen molar-refractivity contribution in [2.75, 3.05) is 39.5 Å². The molecule has 1 unspecified atom stereocenters. The lowest BCUT2D eigenvalue weighted by Crippen LogP contribution is -2.37. The summed E-state index contributed by atoms with van der Waals surface area (Å²) in [6, 6.07) is 16.8. The third kappa shape index (κ3) is 7.47. The molecule has 0 bridgehead atoms. The maximum Gasteiger partial charge on any atom is 0.267 e. The molecule has 40 heavy (non-hydrogen) atoms. The Hall–Kier alpha value is -3.28. The number of hydrogen-bond donors (Lipinski definition) is 1. The summed E-state index contributed by atoms with van der Waals surface area (Å²) in [5, 5.41) is 0. The first-order valence-electron chi connectivity index (χ1n) is 13.7. The molecule has 1 atom stereocenters. The first-order chi connectivity index (χ1) is 19.5. The van der Waals surface area contributed by atoms with Crippen LogP contribution in [0.15, 0.2) is 78.0 Å². The number of carbonyl (C=O) groups is 1. The molecule has 3 heterocycles. The molecule has 1 aromatic heterocycles. The Balaban J connectivity index is 1.23. The highest BCUT2D eigenvalue weighted by Gasteiger charge is 2.18. The van der Waals surface area contributed by atoms with E-state index in [0.29, 0.717) is 12.2 Å². The molecule has 2 saturated heterocycles. The van der Waals surface area contributed by atoms with E-state index in [4.69, 9.17) is 14.3 Å². The summed E-state index contributed by atoms with van der Waals surface area (Å²) in [7, 11) is -3.82. The molecular weight excluding hydrogens is 530 g/mol. The molecule has 2 aliphatic rings. The van der Waals surface area contributed by atoms with Gasteiger partial charge in [0, 0.05) is 51.1 Å². The summed E-state index contributed by atoms with van der Waals surface area (Å²) in [5.74, 6) is -0.454. The molecule has 9 nitrogen and oxygen atoms in total. The van der Waals surface area contributed by atoms with Gasteiger partial charge in [-0.05, 0) is 65.8 Å². The van der Waals surface area contributed by atoms with Crippen LogP contribution in [0, 0.1) is 0 Å². The molecule has 212 valence electrons. The first-order valence-corrected chi connectivity index (χ1v) is 15.1. The topological polar surface area (TPSA) is 99.1 Å². The van der Waals surface area contributed by atoms with E-state index in [1.54, 1.807) is 24.3 Å². The molecule has 0 saturated carbocycles. The van der Waals surface area contributed by atoms with Gasteiger partial charge >= 0.3 is 0 Å². The zero-order valence-corrected chi connectivity index (χ0v) is 23.2. The predicted octanol–water partition coefficient (Wildman–Crippen LogP) is 3.85. The number of amides is 1. The number of benzene rings is 2. The van der Waals surface area contributed by atoms with Crippen molar-refractivity contribution in [1.82, 2.24) is 14.4 Å². The number of hydroxylamine groups is 1. The van der Waals surface area contributed by atoms with Gasteiger partial charge in [-0.2, -0.15) is 0 Å². The maximum atomic E-state index is 13.4. The SMILES string of the molecule is O=C(/C=C/c1ccn(S(=O)(=O)c2cccc(-c3cccc(CCN4CCOCC4)c3)c2)c1)NOC1CCCCO1. The molecule has 0 spiro atoms. The van der Waals surface area contributed by atoms with Crippen molar-refractivity contribution in [1.29, 1.82) is 0 Å². The molecule has 2 aliphatic heterocycles. The number of aromatic nitrogens is 1. The first kappa shape index (κ1) is 28.3. The van der Waals surface area contributed by atoms with Crippen molar-refractivity contribution in [2.45, 2.75) is 36.9 Å². The summed E-state index contributed by atoms with van der Waals surface area (Å²) >= 11 is 0. The van der Waals surface area contributed by atoms with E-state index in [1.807, 2.05) is 18.2 Å². The number of carbonyl (C=O) groups excluding carboxylic acids is 1. The zero-order chi connectivity index (χ0) is 27.8. The van der Waals surface area contributed by atoms with Crippen LogP contribution in [0.5, 0.6) is 0 Å². The fourth-order valence-corrected chi connectivity index (χ4v) is 6.00. The normalized spacial score (nSPS) is 18.6. The molecule has 1 amide bonds. The molecule has 2 fully saturated rings. The van der Waals surface area contributed by atoms with Gasteiger partial charge in [0.25, 0.3) is 15.9 Å². The average Bonchev–Trinajstić information content (AvgIpc) is 3.49. The molecule has 2 aromatic carbocycles. The second kappa shape index (κ2) is 13.4. The molecule has 1 N–H and O–H groups in total.